The molecule has 1 N–H and O–H groups in total. The minimum absolute atomic E-state index is 0.208. The van der Waals surface area contributed by atoms with Gasteiger partial charge in [0.1, 0.15) is 0 Å². The second kappa shape index (κ2) is 8.05. The highest BCUT2D eigenvalue weighted by Gasteiger charge is 2.27. The lowest BCUT2D eigenvalue weighted by Crippen LogP contribution is -2.47. The smallest absolute Gasteiger partial charge is 0.257 e. The van der Waals surface area contributed by atoms with Crippen LogP contribution in [0.2, 0.25) is 0 Å². The van der Waals surface area contributed by atoms with Crippen LogP contribution in [0, 0.1) is 0 Å². The molecule has 1 aromatic heterocycles. The molecule has 0 saturated carbocycles. The van der Waals surface area contributed by atoms with Crippen LogP contribution in [0.4, 0.5) is 5.13 Å². The molecule has 1 aliphatic rings. The fraction of sp³-hybridized carbons (Fsp3) is 0.444. The summed E-state index contributed by atoms with van der Waals surface area (Å²) in [5.74, 6) is -0.00540. The summed E-state index contributed by atoms with van der Waals surface area (Å²) in [4.78, 5) is 19.1. The summed E-state index contributed by atoms with van der Waals surface area (Å²) < 4.78 is 27.0. The second-order valence-electron chi connectivity index (χ2n) is 6.92. The van der Waals surface area contributed by atoms with Crippen LogP contribution in [-0.2, 0) is 10.0 Å². The fourth-order valence-corrected chi connectivity index (χ4v) is 5.02. The van der Waals surface area contributed by atoms with Crippen molar-refractivity contribution in [3.05, 3.63) is 40.9 Å². The molecule has 1 amide bonds. The number of nitrogens with zero attached hydrogens (tertiary/aromatic N) is 3. The lowest BCUT2D eigenvalue weighted by molar-refractivity contribution is 0.102. The number of sulfonamides is 1. The van der Waals surface area contributed by atoms with E-state index >= 15 is 0 Å². The summed E-state index contributed by atoms with van der Waals surface area (Å²) in [6, 6.07) is 6.05. The summed E-state index contributed by atoms with van der Waals surface area (Å²) in [6.07, 6.45) is 0. The predicted molar refractivity (Wildman–Crippen MR) is 107 cm³/mol. The normalized spacial score (nSPS) is 16.6. The molecule has 1 fully saturated rings. The zero-order valence-electron chi connectivity index (χ0n) is 15.7. The van der Waals surface area contributed by atoms with E-state index in [9.17, 15) is 13.2 Å². The molecule has 0 unspecified atom stereocenters. The number of piperazine rings is 1. The van der Waals surface area contributed by atoms with Crippen LogP contribution >= 0.6 is 11.3 Å². The highest BCUT2D eigenvalue weighted by Crippen LogP contribution is 2.22. The van der Waals surface area contributed by atoms with E-state index < -0.39 is 10.0 Å². The number of hydrogen-bond donors (Lipinski definition) is 1. The standard InChI is InChI=1S/C18H24N4O3S2/c1-13(2)16-12-26-18(19-16)20-17(23)14-4-6-15(7-5-14)27(24,25)22-10-8-21(3)9-11-22/h4-7,12-13H,8-11H2,1-3H3,(H,19,20,23). The van der Waals surface area contributed by atoms with E-state index in [2.05, 4.69) is 15.2 Å². The first-order valence-electron chi connectivity index (χ1n) is 8.83. The van der Waals surface area contributed by atoms with Crippen LogP contribution < -0.4 is 5.32 Å². The van der Waals surface area contributed by atoms with Gasteiger partial charge in [0.25, 0.3) is 5.91 Å². The van der Waals surface area contributed by atoms with Gasteiger partial charge >= 0.3 is 0 Å². The Hall–Kier alpha value is -1.81. The third-order valence-corrected chi connectivity index (χ3v) is 7.24. The molecule has 1 aromatic carbocycles. The van der Waals surface area contributed by atoms with Gasteiger partial charge in [-0.15, -0.1) is 11.3 Å². The molecule has 1 saturated heterocycles. The Balaban J connectivity index is 1.69. The van der Waals surface area contributed by atoms with Gasteiger partial charge in [-0.25, -0.2) is 13.4 Å². The molecule has 0 aliphatic carbocycles. The van der Waals surface area contributed by atoms with Crippen LogP contribution in [0.15, 0.2) is 34.5 Å². The highest BCUT2D eigenvalue weighted by molar-refractivity contribution is 7.89. The topological polar surface area (TPSA) is 82.6 Å². The maximum atomic E-state index is 12.7. The molecule has 0 bridgehead atoms. The Morgan fingerprint density at radius 1 is 1.15 bits per heavy atom. The number of anilines is 1. The second-order valence-corrected chi connectivity index (χ2v) is 9.71. The number of hydrogen-bond acceptors (Lipinski definition) is 6. The van der Waals surface area contributed by atoms with Crippen LogP contribution in [-0.4, -0.2) is 61.7 Å². The molecular weight excluding hydrogens is 384 g/mol. The lowest BCUT2D eigenvalue weighted by Gasteiger charge is -2.31. The van der Waals surface area contributed by atoms with Crippen LogP contribution in [0.5, 0.6) is 0 Å². The first-order valence-corrected chi connectivity index (χ1v) is 11.1. The number of nitrogens with one attached hydrogen (secondary N) is 1. The zero-order valence-corrected chi connectivity index (χ0v) is 17.3. The average Bonchev–Trinajstić information content (AvgIpc) is 3.11. The van der Waals surface area contributed by atoms with Gasteiger partial charge in [-0.1, -0.05) is 13.8 Å². The van der Waals surface area contributed by atoms with Crippen molar-refractivity contribution in [3.63, 3.8) is 0 Å². The van der Waals surface area contributed by atoms with Crippen molar-refractivity contribution < 1.29 is 13.2 Å². The summed E-state index contributed by atoms with van der Waals surface area (Å²) in [5, 5.41) is 5.23. The van der Waals surface area contributed by atoms with Crippen LogP contribution in [0.1, 0.15) is 35.8 Å². The van der Waals surface area contributed by atoms with Crippen molar-refractivity contribution >= 4 is 32.4 Å². The Bertz CT molecular complexity index is 899. The SMILES string of the molecule is CC(C)c1csc(NC(=O)c2ccc(S(=O)(=O)N3CCN(C)CC3)cc2)n1. The van der Waals surface area contributed by atoms with Gasteiger partial charge in [0.15, 0.2) is 5.13 Å². The molecule has 9 heteroatoms. The van der Waals surface area contributed by atoms with Gasteiger partial charge in [-0.2, -0.15) is 4.31 Å². The number of benzene rings is 1. The predicted octanol–water partition coefficient (Wildman–Crippen LogP) is 2.45. The van der Waals surface area contributed by atoms with Crippen molar-refractivity contribution in [2.45, 2.75) is 24.7 Å². The van der Waals surface area contributed by atoms with Gasteiger partial charge in [-0.3, -0.25) is 10.1 Å². The number of thiazole rings is 1. The van der Waals surface area contributed by atoms with Gasteiger partial charge in [0.2, 0.25) is 10.0 Å². The third-order valence-electron chi connectivity index (χ3n) is 4.55. The van der Waals surface area contributed by atoms with E-state index in [0.29, 0.717) is 42.8 Å². The van der Waals surface area contributed by atoms with Crippen LogP contribution in [0.3, 0.4) is 0 Å². The maximum Gasteiger partial charge on any atom is 0.257 e. The first kappa shape index (κ1) is 19.9. The van der Waals surface area contributed by atoms with Gasteiger partial charge in [0, 0.05) is 37.1 Å². The average molecular weight is 409 g/mol. The number of likely N-dealkylation sites (N-methyl/N-ethyl adjacent to an activating group) is 1. The quantitative estimate of drug-likeness (QED) is 0.822. The number of rotatable bonds is 5. The van der Waals surface area contributed by atoms with E-state index in [1.807, 2.05) is 26.3 Å². The Kier molecular flexibility index (Phi) is 5.95. The number of carbonyl (C=O) groups is 1. The molecule has 27 heavy (non-hydrogen) atoms. The van der Waals surface area contributed by atoms with Crippen molar-refractivity contribution in [1.82, 2.24) is 14.2 Å². The number of aromatic nitrogens is 1. The van der Waals surface area contributed by atoms with Crippen LogP contribution in [0.25, 0.3) is 0 Å². The van der Waals surface area contributed by atoms with Crippen molar-refractivity contribution in [2.75, 3.05) is 38.5 Å². The third kappa shape index (κ3) is 4.55. The zero-order chi connectivity index (χ0) is 19.6. The molecule has 146 valence electrons. The molecule has 1 aliphatic heterocycles. The van der Waals surface area contributed by atoms with E-state index in [1.54, 1.807) is 0 Å². The molecular formula is C18H24N4O3S2. The van der Waals surface area contributed by atoms with E-state index in [-0.39, 0.29) is 10.8 Å². The summed E-state index contributed by atoms with van der Waals surface area (Å²) in [7, 11) is -1.55. The molecule has 2 aromatic rings. The van der Waals surface area contributed by atoms with Crippen molar-refractivity contribution in [2.24, 2.45) is 0 Å². The summed E-state index contributed by atoms with van der Waals surface area (Å²) in [5.41, 5.74) is 1.33. The summed E-state index contributed by atoms with van der Waals surface area (Å²) in [6.45, 7) is 6.46. The molecule has 3 rings (SSSR count). The Morgan fingerprint density at radius 3 is 2.33 bits per heavy atom. The van der Waals surface area contributed by atoms with E-state index in [4.69, 9.17) is 0 Å². The number of carbonyl (C=O) groups excluding carboxylic acids is 1. The highest BCUT2D eigenvalue weighted by atomic mass is 32.2. The van der Waals surface area contributed by atoms with E-state index in [0.717, 1.165) is 5.69 Å². The molecule has 2 heterocycles. The minimum atomic E-state index is -3.53. The van der Waals surface area contributed by atoms with Gasteiger partial charge in [-0.05, 0) is 37.2 Å². The molecule has 0 radical (unpaired) electrons. The Morgan fingerprint density at radius 2 is 1.78 bits per heavy atom. The minimum Gasteiger partial charge on any atom is -0.304 e. The van der Waals surface area contributed by atoms with Gasteiger partial charge < -0.3 is 4.90 Å². The van der Waals surface area contributed by atoms with E-state index in [1.165, 1.54) is 39.9 Å². The first-order chi connectivity index (χ1) is 12.8. The number of amides is 1. The largest absolute Gasteiger partial charge is 0.304 e. The lowest BCUT2D eigenvalue weighted by atomic mass is 10.2. The van der Waals surface area contributed by atoms with Crippen molar-refractivity contribution in [1.29, 1.82) is 0 Å². The summed E-state index contributed by atoms with van der Waals surface area (Å²) >= 11 is 1.38. The monoisotopic (exact) mass is 408 g/mol. The Labute approximate surface area is 164 Å². The molecule has 0 spiro atoms. The van der Waals surface area contributed by atoms with Gasteiger partial charge in [0.05, 0.1) is 10.6 Å². The molecule has 7 nitrogen and oxygen atoms in total. The fourth-order valence-electron chi connectivity index (χ4n) is 2.73. The maximum absolute atomic E-state index is 12.7. The molecule has 0 atom stereocenters. The van der Waals surface area contributed by atoms with Crippen molar-refractivity contribution in [3.8, 4) is 0 Å².